The van der Waals surface area contributed by atoms with Gasteiger partial charge < -0.3 is 4.90 Å². The van der Waals surface area contributed by atoms with Crippen molar-refractivity contribution in [2.45, 2.75) is 26.8 Å². The SMILES string of the molecule is Cc1nn(C(C)C(=O)NN=Cc2ccc(N(C)C)cc2)c(C)c1[N+](=O)[O-]. The number of nitro groups is 1. The normalized spacial score (nSPS) is 12.2. The first-order valence-electron chi connectivity index (χ1n) is 8.02. The Labute approximate surface area is 151 Å². The predicted molar refractivity (Wildman–Crippen MR) is 99.6 cm³/mol. The minimum atomic E-state index is -0.726. The van der Waals surface area contributed by atoms with E-state index < -0.39 is 16.9 Å². The second-order valence-corrected chi connectivity index (χ2v) is 6.12. The molecule has 2 aromatic rings. The zero-order chi connectivity index (χ0) is 19.4. The van der Waals surface area contributed by atoms with Crippen LogP contribution in [0.1, 0.15) is 29.9 Å². The van der Waals surface area contributed by atoms with Crippen LogP contribution in [0.15, 0.2) is 29.4 Å². The molecule has 0 aliphatic rings. The molecule has 0 saturated carbocycles. The maximum Gasteiger partial charge on any atom is 0.312 e. The van der Waals surface area contributed by atoms with E-state index in [1.807, 2.05) is 43.3 Å². The summed E-state index contributed by atoms with van der Waals surface area (Å²) in [5.74, 6) is -0.411. The molecule has 1 amide bonds. The summed E-state index contributed by atoms with van der Waals surface area (Å²) >= 11 is 0. The van der Waals surface area contributed by atoms with E-state index in [1.165, 1.54) is 10.9 Å². The van der Waals surface area contributed by atoms with E-state index in [9.17, 15) is 14.9 Å². The zero-order valence-corrected chi connectivity index (χ0v) is 15.4. The van der Waals surface area contributed by atoms with Crippen LogP contribution >= 0.6 is 0 Å². The van der Waals surface area contributed by atoms with Crippen LogP contribution < -0.4 is 10.3 Å². The molecule has 0 saturated heterocycles. The van der Waals surface area contributed by atoms with E-state index in [2.05, 4.69) is 15.6 Å². The molecule has 2 rings (SSSR count). The number of amides is 1. The number of aryl methyl sites for hydroxylation is 1. The number of benzene rings is 1. The third-order valence-electron chi connectivity index (χ3n) is 4.01. The van der Waals surface area contributed by atoms with Crippen molar-refractivity contribution >= 4 is 23.5 Å². The fourth-order valence-corrected chi connectivity index (χ4v) is 2.53. The van der Waals surface area contributed by atoms with E-state index in [1.54, 1.807) is 20.8 Å². The molecule has 1 aromatic carbocycles. The maximum absolute atomic E-state index is 12.3. The Morgan fingerprint density at radius 2 is 1.96 bits per heavy atom. The van der Waals surface area contributed by atoms with Gasteiger partial charge in [-0.05, 0) is 38.5 Å². The van der Waals surface area contributed by atoms with E-state index >= 15 is 0 Å². The van der Waals surface area contributed by atoms with Crippen molar-refractivity contribution in [3.8, 4) is 0 Å². The lowest BCUT2D eigenvalue weighted by Crippen LogP contribution is -2.28. The Hall–Kier alpha value is -3.23. The first-order chi connectivity index (χ1) is 12.2. The molecule has 1 atom stereocenters. The van der Waals surface area contributed by atoms with E-state index in [0.29, 0.717) is 5.69 Å². The Morgan fingerprint density at radius 1 is 1.35 bits per heavy atom. The van der Waals surface area contributed by atoms with Gasteiger partial charge in [-0.2, -0.15) is 10.2 Å². The van der Waals surface area contributed by atoms with Crippen molar-refractivity contribution in [2.24, 2.45) is 5.10 Å². The molecule has 9 heteroatoms. The van der Waals surface area contributed by atoms with Gasteiger partial charge in [-0.15, -0.1) is 0 Å². The molecule has 26 heavy (non-hydrogen) atoms. The van der Waals surface area contributed by atoms with Gasteiger partial charge in [0.1, 0.15) is 17.4 Å². The van der Waals surface area contributed by atoms with Crippen LogP contribution in [0, 0.1) is 24.0 Å². The molecular formula is C17H22N6O3. The average Bonchev–Trinajstić information content (AvgIpc) is 2.89. The summed E-state index contributed by atoms with van der Waals surface area (Å²) in [6, 6.07) is 6.94. The van der Waals surface area contributed by atoms with Gasteiger partial charge in [-0.25, -0.2) is 5.43 Å². The third kappa shape index (κ3) is 4.05. The monoisotopic (exact) mass is 358 g/mol. The number of rotatable bonds is 6. The highest BCUT2D eigenvalue weighted by atomic mass is 16.6. The van der Waals surface area contributed by atoms with Crippen molar-refractivity contribution in [1.82, 2.24) is 15.2 Å². The molecule has 0 aliphatic carbocycles. The van der Waals surface area contributed by atoms with Crippen molar-refractivity contribution in [2.75, 3.05) is 19.0 Å². The summed E-state index contributed by atoms with van der Waals surface area (Å²) in [6.45, 7) is 4.72. The fraction of sp³-hybridized carbons (Fsp3) is 0.353. The molecule has 0 spiro atoms. The van der Waals surface area contributed by atoms with Crippen LogP contribution in [-0.4, -0.2) is 40.9 Å². The minimum Gasteiger partial charge on any atom is -0.378 e. The maximum atomic E-state index is 12.3. The molecule has 1 heterocycles. The van der Waals surface area contributed by atoms with Gasteiger partial charge in [-0.1, -0.05) is 12.1 Å². The van der Waals surface area contributed by atoms with Crippen LogP contribution in [0.5, 0.6) is 0 Å². The van der Waals surface area contributed by atoms with Gasteiger partial charge in [-0.3, -0.25) is 19.6 Å². The van der Waals surface area contributed by atoms with Crippen LogP contribution in [0.25, 0.3) is 0 Å². The topological polar surface area (TPSA) is 106 Å². The van der Waals surface area contributed by atoms with Gasteiger partial charge >= 0.3 is 5.69 Å². The Balaban J connectivity index is 2.05. The van der Waals surface area contributed by atoms with Gasteiger partial charge in [0.15, 0.2) is 0 Å². The highest BCUT2D eigenvalue weighted by molar-refractivity contribution is 5.84. The number of carbonyl (C=O) groups is 1. The zero-order valence-electron chi connectivity index (χ0n) is 15.4. The quantitative estimate of drug-likeness (QED) is 0.484. The standard InChI is InChI=1S/C17H22N6O3/c1-11-16(23(25)26)12(2)22(20-11)13(3)17(24)19-18-10-14-6-8-15(9-7-14)21(4)5/h6-10,13H,1-5H3,(H,19,24). The predicted octanol–water partition coefficient (Wildman–Crippen LogP) is 2.19. The number of hydrazone groups is 1. The second kappa shape index (κ2) is 7.77. The number of nitrogens with one attached hydrogen (secondary N) is 1. The molecule has 9 nitrogen and oxygen atoms in total. The van der Waals surface area contributed by atoms with Crippen molar-refractivity contribution < 1.29 is 9.72 Å². The second-order valence-electron chi connectivity index (χ2n) is 6.12. The molecule has 0 radical (unpaired) electrons. The first-order valence-corrected chi connectivity index (χ1v) is 8.02. The number of aromatic nitrogens is 2. The molecule has 0 bridgehead atoms. The van der Waals surface area contributed by atoms with Gasteiger partial charge in [0.25, 0.3) is 5.91 Å². The van der Waals surface area contributed by atoms with Gasteiger partial charge in [0, 0.05) is 19.8 Å². The van der Waals surface area contributed by atoms with Crippen molar-refractivity contribution in [1.29, 1.82) is 0 Å². The summed E-state index contributed by atoms with van der Waals surface area (Å²) in [5, 5.41) is 19.1. The molecule has 1 unspecified atom stereocenters. The summed E-state index contributed by atoms with van der Waals surface area (Å²) in [6.07, 6.45) is 1.54. The van der Waals surface area contributed by atoms with Crippen LogP contribution in [0.4, 0.5) is 11.4 Å². The summed E-state index contributed by atoms with van der Waals surface area (Å²) in [4.78, 5) is 24.8. The number of carbonyl (C=O) groups excluding carboxylic acids is 1. The van der Waals surface area contributed by atoms with Crippen molar-refractivity contribution in [3.63, 3.8) is 0 Å². The average molecular weight is 358 g/mol. The lowest BCUT2D eigenvalue weighted by molar-refractivity contribution is -0.386. The lowest BCUT2D eigenvalue weighted by Gasteiger charge is -2.12. The van der Waals surface area contributed by atoms with Gasteiger partial charge in [0.05, 0.1) is 11.1 Å². The molecule has 1 N–H and O–H groups in total. The minimum absolute atomic E-state index is 0.0749. The Bertz CT molecular complexity index is 839. The molecule has 1 aromatic heterocycles. The van der Waals surface area contributed by atoms with Crippen LogP contribution in [0.3, 0.4) is 0 Å². The lowest BCUT2D eigenvalue weighted by atomic mass is 10.2. The molecular weight excluding hydrogens is 336 g/mol. The van der Waals surface area contributed by atoms with Crippen LogP contribution in [0.2, 0.25) is 0 Å². The number of hydrogen-bond acceptors (Lipinski definition) is 6. The largest absolute Gasteiger partial charge is 0.378 e. The summed E-state index contributed by atoms with van der Waals surface area (Å²) in [5.41, 5.74) is 4.87. The van der Waals surface area contributed by atoms with Crippen LogP contribution in [-0.2, 0) is 4.79 Å². The number of nitrogens with zero attached hydrogens (tertiary/aromatic N) is 5. The van der Waals surface area contributed by atoms with E-state index in [-0.39, 0.29) is 11.4 Å². The molecule has 0 aliphatic heterocycles. The summed E-state index contributed by atoms with van der Waals surface area (Å²) in [7, 11) is 3.90. The Morgan fingerprint density at radius 3 is 2.46 bits per heavy atom. The van der Waals surface area contributed by atoms with Crippen molar-refractivity contribution in [3.05, 3.63) is 51.3 Å². The third-order valence-corrected chi connectivity index (χ3v) is 4.01. The van der Waals surface area contributed by atoms with Gasteiger partial charge in [0.2, 0.25) is 0 Å². The fourth-order valence-electron chi connectivity index (χ4n) is 2.53. The molecule has 138 valence electrons. The first kappa shape index (κ1) is 19.1. The smallest absolute Gasteiger partial charge is 0.312 e. The Kier molecular flexibility index (Phi) is 5.71. The number of hydrogen-bond donors (Lipinski definition) is 1. The molecule has 0 fully saturated rings. The van der Waals surface area contributed by atoms with E-state index in [0.717, 1.165) is 11.3 Å². The highest BCUT2D eigenvalue weighted by Gasteiger charge is 2.26. The summed E-state index contributed by atoms with van der Waals surface area (Å²) < 4.78 is 1.34. The van der Waals surface area contributed by atoms with E-state index in [4.69, 9.17) is 0 Å². The number of anilines is 1. The highest BCUT2D eigenvalue weighted by Crippen LogP contribution is 2.24.